The molecule has 162 valence electrons. The Morgan fingerprint density at radius 2 is 1.69 bits per heavy atom. The van der Waals surface area contributed by atoms with E-state index in [1.165, 1.54) is 42.5 Å². The van der Waals surface area contributed by atoms with E-state index in [2.05, 4.69) is 0 Å². The fourth-order valence-electron chi connectivity index (χ4n) is 3.54. The fourth-order valence-corrected chi connectivity index (χ4v) is 3.54. The standard InChI is InChI=1S/C25H20O7/c1-25(2,3)32-24(30)13-4-7-16(19(10-13)23(28)29)22-17-8-5-14(26)11-20(17)31-21-12-15(27)6-9-18(21)22/h4-12,26H,1-3H3,(H,28,29)/p-1. The predicted octanol–water partition coefficient (Wildman–Crippen LogP) is 4.29. The zero-order valence-corrected chi connectivity index (χ0v) is 17.6. The monoisotopic (exact) mass is 431 g/mol. The van der Waals surface area contributed by atoms with E-state index < -0.39 is 17.5 Å². The molecule has 1 aliphatic carbocycles. The zero-order valence-electron chi connectivity index (χ0n) is 17.6. The molecule has 0 saturated heterocycles. The first-order valence-corrected chi connectivity index (χ1v) is 9.82. The van der Waals surface area contributed by atoms with Crippen LogP contribution in [0.1, 0.15) is 41.5 Å². The molecule has 7 nitrogen and oxygen atoms in total. The van der Waals surface area contributed by atoms with Gasteiger partial charge in [0.15, 0.2) is 5.43 Å². The first-order valence-electron chi connectivity index (χ1n) is 9.82. The number of ether oxygens (including phenoxy) is 1. The lowest BCUT2D eigenvalue weighted by Gasteiger charge is -2.20. The number of hydrogen-bond acceptors (Lipinski definition) is 6. The van der Waals surface area contributed by atoms with E-state index in [4.69, 9.17) is 9.15 Å². The third-order valence-corrected chi connectivity index (χ3v) is 4.82. The van der Waals surface area contributed by atoms with Crippen LogP contribution in [0.15, 0.2) is 63.8 Å². The number of rotatable bonds is 3. The Morgan fingerprint density at radius 3 is 2.38 bits per heavy atom. The van der Waals surface area contributed by atoms with Gasteiger partial charge in [0.2, 0.25) is 0 Å². The van der Waals surface area contributed by atoms with Crippen LogP contribution < -0.4 is 10.5 Å². The second kappa shape index (κ2) is 7.53. The van der Waals surface area contributed by atoms with Gasteiger partial charge in [-0.1, -0.05) is 18.2 Å². The van der Waals surface area contributed by atoms with Crippen LogP contribution in [0.3, 0.4) is 0 Å². The Balaban J connectivity index is 2.02. The van der Waals surface area contributed by atoms with Crippen molar-refractivity contribution >= 4 is 22.9 Å². The Kier molecular flexibility index (Phi) is 4.97. The van der Waals surface area contributed by atoms with Gasteiger partial charge >= 0.3 is 11.9 Å². The molecule has 0 bridgehead atoms. The number of carboxylic acid groups (broad SMARTS) is 1. The molecule has 4 rings (SSSR count). The maximum Gasteiger partial charge on any atom is 0.338 e. The Bertz CT molecular complexity index is 1410. The number of carboxylic acids is 1. The van der Waals surface area contributed by atoms with Crippen molar-refractivity contribution in [2.24, 2.45) is 0 Å². The smallest absolute Gasteiger partial charge is 0.338 e. The molecule has 0 aromatic heterocycles. The van der Waals surface area contributed by atoms with Gasteiger partial charge in [-0.05, 0) is 56.7 Å². The van der Waals surface area contributed by atoms with Crippen molar-refractivity contribution in [1.29, 1.82) is 0 Å². The quantitative estimate of drug-likeness (QED) is 0.380. The van der Waals surface area contributed by atoms with Crippen molar-refractivity contribution in [1.82, 2.24) is 0 Å². The summed E-state index contributed by atoms with van der Waals surface area (Å²) in [6.07, 6.45) is 0. The number of carbonyl (C=O) groups is 2. The van der Waals surface area contributed by atoms with E-state index in [-0.39, 0.29) is 33.6 Å². The van der Waals surface area contributed by atoms with Crippen LogP contribution in [0.4, 0.5) is 0 Å². The molecule has 2 aliphatic rings. The summed E-state index contributed by atoms with van der Waals surface area (Å²) in [5.41, 5.74) is 0.462. The highest BCUT2D eigenvalue weighted by atomic mass is 16.6. The lowest BCUT2D eigenvalue weighted by Crippen LogP contribution is -2.24. The Hall–Kier alpha value is -4.13. The first-order chi connectivity index (χ1) is 15.0. The number of hydrogen-bond donors (Lipinski definition) is 1. The van der Waals surface area contributed by atoms with Crippen LogP contribution in [0.2, 0.25) is 0 Å². The van der Waals surface area contributed by atoms with Crippen LogP contribution in [0, 0.1) is 0 Å². The zero-order chi connectivity index (χ0) is 23.2. The van der Waals surface area contributed by atoms with E-state index in [1.807, 2.05) is 0 Å². The van der Waals surface area contributed by atoms with Crippen molar-refractivity contribution in [2.45, 2.75) is 26.4 Å². The summed E-state index contributed by atoms with van der Waals surface area (Å²) in [6, 6.07) is 12.6. The highest BCUT2D eigenvalue weighted by Crippen LogP contribution is 2.41. The summed E-state index contributed by atoms with van der Waals surface area (Å²) < 4.78 is 11.1. The van der Waals surface area contributed by atoms with Gasteiger partial charge in [-0.2, -0.15) is 0 Å². The normalized spacial score (nSPS) is 11.6. The molecule has 0 saturated carbocycles. The summed E-state index contributed by atoms with van der Waals surface area (Å²) in [4.78, 5) is 36.5. The average molecular weight is 431 g/mol. The molecule has 2 aromatic carbocycles. The van der Waals surface area contributed by atoms with Gasteiger partial charge in [0, 0.05) is 22.6 Å². The highest BCUT2D eigenvalue weighted by molar-refractivity contribution is 6.08. The minimum Gasteiger partial charge on any atom is -0.872 e. The Labute approximate surface area is 182 Å². The van der Waals surface area contributed by atoms with E-state index in [0.29, 0.717) is 22.1 Å². The number of aromatic carboxylic acids is 1. The SMILES string of the molecule is CC(C)(C)OC(=O)c1ccc(-c2c3ccc(=O)cc-3oc3cc([O-])ccc23)c(C(=O)O)c1. The number of esters is 1. The van der Waals surface area contributed by atoms with Gasteiger partial charge in [-0.15, -0.1) is 5.75 Å². The molecule has 0 unspecified atom stereocenters. The van der Waals surface area contributed by atoms with Crippen molar-refractivity contribution < 1.29 is 29.0 Å². The van der Waals surface area contributed by atoms with Crippen LogP contribution in [0.5, 0.6) is 5.75 Å². The van der Waals surface area contributed by atoms with Crippen LogP contribution in [0.25, 0.3) is 33.4 Å². The summed E-state index contributed by atoms with van der Waals surface area (Å²) in [5, 5.41) is 22.3. The van der Waals surface area contributed by atoms with Crippen LogP contribution >= 0.6 is 0 Å². The van der Waals surface area contributed by atoms with Gasteiger partial charge in [-0.25, -0.2) is 9.59 Å². The highest BCUT2D eigenvalue weighted by Gasteiger charge is 2.24. The van der Waals surface area contributed by atoms with Gasteiger partial charge < -0.3 is 19.4 Å². The summed E-state index contributed by atoms with van der Waals surface area (Å²) in [7, 11) is 0. The third kappa shape index (κ3) is 3.92. The second-order valence-corrected chi connectivity index (χ2v) is 8.36. The minimum atomic E-state index is -1.24. The van der Waals surface area contributed by atoms with E-state index in [0.717, 1.165) is 0 Å². The lowest BCUT2D eigenvalue weighted by atomic mass is 9.90. The molecule has 0 radical (unpaired) electrons. The van der Waals surface area contributed by atoms with Crippen molar-refractivity contribution in [2.75, 3.05) is 0 Å². The van der Waals surface area contributed by atoms with Gasteiger partial charge in [0.1, 0.15) is 16.9 Å². The molecule has 7 heteroatoms. The predicted molar refractivity (Wildman–Crippen MR) is 116 cm³/mol. The topological polar surface area (TPSA) is 117 Å². The number of carbonyl (C=O) groups excluding carboxylic acids is 1. The Morgan fingerprint density at radius 1 is 0.969 bits per heavy atom. The second-order valence-electron chi connectivity index (χ2n) is 8.36. The third-order valence-electron chi connectivity index (χ3n) is 4.82. The lowest BCUT2D eigenvalue weighted by molar-refractivity contribution is -0.268. The van der Waals surface area contributed by atoms with E-state index in [9.17, 15) is 24.6 Å². The largest absolute Gasteiger partial charge is 0.872 e. The van der Waals surface area contributed by atoms with Gasteiger partial charge in [0.05, 0.1) is 11.1 Å². The molecule has 0 atom stereocenters. The van der Waals surface area contributed by atoms with E-state index >= 15 is 0 Å². The first kappa shape index (κ1) is 21.1. The number of benzene rings is 3. The van der Waals surface area contributed by atoms with Crippen molar-refractivity contribution in [3.05, 3.63) is 75.9 Å². The van der Waals surface area contributed by atoms with Crippen molar-refractivity contribution in [3.8, 4) is 28.2 Å². The molecular formula is C25H19O7-. The maximum absolute atomic E-state index is 12.5. The van der Waals surface area contributed by atoms with E-state index in [1.54, 1.807) is 32.9 Å². The average Bonchev–Trinajstić information content (AvgIpc) is 2.70. The molecule has 0 spiro atoms. The van der Waals surface area contributed by atoms with Crippen LogP contribution in [-0.2, 0) is 4.74 Å². The molecule has 1 aliphatic heterocycles. The molecule has 1 heterocycles. The van der Waals surface area contributed by atoms with Gasteiger partial charge in [0.25, 0.3) is 0 Å². The summed E-state index contributed by atoms with van der Waals surface area (Å²) >= 11 is 0. The maximum atomic E-state index is 12.5. The van der Waals surface area contributed by atoms with Crippen molar-refractivity contribution in [3.63, 3.8) is 0 Å². The fraction of sp³-hybridized carbons (Fsp3) is 0.160. The number of fused-ring (bicyclic) bond motifs is 2. The van der Waals surface area contributed by atoms with Gasteiger partial charge in [-0.3, -0.25) is 4.79 Å². The molecule has 32 heavy (non-hydrogen) atoms. The molecule has 0 fully saturated rings. The molecular weight excluding hydrogens is 412 g/mol. The molecule has 0 amide bonds. The summed E-state index contributed by atoms with van der Waals surface area (Å²) in [6.45, 7) is 5.16. The molecule has 1 N–H and O–H groups in total. The molecule has 2 aromatic rings. The minimum absolute atomic E-state index is 0.0963. The van der Waals surface area contributed by atoms with Crippen LogP contribution in [-0.4, -0.2) is 22.6 Å². The summed E-state index contributed by atoms with van der Waals surface area (Å²) in [5.74, 6) is -1.95.